The predicted molar refractivity (Wildman–Crippen MR) is 130 cm³/mol. The zero-order valence-corrected chi connectivity index (χ0v) is 20.2. The van der Waals surface area contributed by atoms with Crippen molar-refractivity contribution in [3.8, 4) is 0 Å². The molecule has 1 aliphatic carbocycles. The first-order valence-corrected chi connectivity index (χ1v) is 12.8. The van der Waals surface area contributed by atoms with Gasteiger partial charge in [0, 0.05) is 4.47 Å². The highest BCUT2D eigenvalue weighted by atomic mass is 79.9. The Morgan fingerprint density at radius 1 is 1.00 bits per heavy atom. The van der Waals surface area contributed by atoms with Gasteiger partial charge in [0.1, 0.15) is 6.54 Å². The Bertz CT molecular complexity index is 1210. The standard InChI is InChI=1S/C25H25BrN2O3S/c1-18(20-11-10-19-6-5-7-21(19)16-20)27-25(29)17-28(23-14-12-22(26)13-15-23)32(30,31)24-8-3-2-4-9-24/h2-4,8-16,18H,5-7,17H2,1H3,(H,27,29)/t18-/m1/s1. The van der Waals surface area contributed by atoms with Crippen molar-refractivity contribution in [1.82, 2.24) is 5.32 Å². The highest BCUT2D eigenvalue weighted by Crippen LogP contribution is 2.27. The molecular weight excluding hydrogens is 488 g/mol. The van der Waals surface area contributed by atoms with E-state index in [0.29, 0.717) is 5.69 Å². The van der Waals surface area contributed by atoms with Gasteiger partial charge in [-0.05, 0) is 79.3 Å². The first-order chi connectivity index (χ1) is 15.3. The molecule has 166 valence electrons. The van der Waals surface area contributed by atoms with Gasteiger partial charge in [-0.3, -0.25) is 9.10 Å². The van der Waals surface area contributed by atoms with Crippen LogP contribution in [-0.4, -0.2) is 20.9 Å². The number of aryl methyl sites for hydroxylation is 2. The minimum atomic E-state index is -3.91. The van der Waals surface area contributed by atoms with E-state index in [1.54, 1.807) is 42.5 Å². The molecule has 7 heteroatoms. The van der Waals surface area contributed by atoms with Crippen LogP contribution in [0.15, 0.2) is 82.2 Å². The third-order valence-corrected chi connectivity index (χ3v) is 8.05. The summed E-state index contributed by atoms with van der Waals surface area (Å²) in [5, 5.41) is 2.97. The Balaban J connectivity index is 1.56. The van der Waals surface area contributed by atoms with E-state index >= 15 is 0 Å². The summed E-state index contributed by atoms with van der Waals surface area (Å²) in [5.74, 6) is -0.361. The van der Waals surface area contributed by atoms with Crippen LogP contribution in [0.1, 0.15) is 36.1 Å². The van der Waals surface area contributed by atoms with Gasteiger partial charge in [0.2, 0.25) is 5.91 Å². The second kappa shape index (κ2) is 9.46. The van der Waals surface area contributed by atoms with E-state index in [0.717, 1.165) is 27.2 Å². The van der Waals surface area contributed by atoms with Crippen LogP contribution in [0.4, 0.5) is 5.69 Å². The number of anilines is 1. The van der Waals surface area contributed by atoms with Crippen LogP contribution >= 0.6 is 15.9 Å². The van der Waals surface area contributed by atoms with Crippen molar-refractivity contribution in [3.05, 3.63) is 94.0 Å². The second-order valence-corrected chi connectivity index (χ2v) is 10.8. The first kappa shape index (κ1) is 22.6. The zero-order chi connectivity index (χ0) is 22.7. The van der Waals surface area contributed by atoms with E-state index in [-0.39, 0.29) is 23.4 Å². The van der Waals surface area contributed by atoms with Gasteiger partial charge in [-0.1, -0.05) is 52.3 Å². The fourth-order valence-electron chi connectivity index (χ4n) is 4.00. The summed E-state index contributed by atoms with van der Waals surface area (Å²) in [5.41, 5.74) is 4.17. The lowest BCUT2D eigenvalue weighted by atomic mass is 10.0. The summed E-state index contributed by atoms with van der Waals surface area (Å²) in [6.45, 7) is 1.61. The molecule has 0 saturated heterocycles. The summed E-state index contributed by atoms with van der Waals surface area (Å²) < 4.78 is 28.7. The monoisotopic (exact) mass is 512 g/mol. The van der Waals surface area contributed by atoms with Crippen molar-refractivity contribution >= 4 is 37.5 Å². The summed E-state index contributed by atoms with van der Waals surface area (Å²) in [6.07, 6.45) is 3.34. The summed E-state index contributed by atoms with van der Waals surface area (Å²) in [4.78, 5) is 13.1. The lowest BCUT2D eigenvalue weighted by Crippen LogP contribution is -2.41. The third kappa shape index (κ3) is 4.89. The average molecular weight is 513 g/mol. The molecule has 1 aliphatic rings. The quantitative estimate of drug-likeness (QED) is 0.483. The number of nitrogens with one attached hydrogen (secondary N) is 1. The van der Waals surface area contributed by atoms with E-state index in [1.807, 2.05) is 13.0 Å². The molecular formula is C25H25BrN2O3S. The number of fused-ring (bicyclic) bond motifs is 1. The van der Waals surface area contributed by atoms with Crippen LogP contribution in [0.25, 0.3) is 0 Å². The van der Waals surface area contributed by atoms with Gasteiger partial charge in [0.05, 0.1) is 16.6 Å². The highest BCUT2D eigenvalue weighted by Gasteiger charge is 2.27. The van der Waals surface area contributed by atoms with Crippen molar-refractivity contribution in [2.75, 3.05) is 10.8 Å². The molecule has 0 fully saturated rings. The van der Waals surface area contributed by atoms with Crippen LogP contribution in [0, 0.1) is 0 Å². The number of halogens is 1. The molecule has 0 aromatic heterocycles. The Hall–Kier alpha value is -2.64. The average Bonchev–Trinajstić information content (AvgIpc) is 3.26. The molecule has 0 saturated carbocycles. The molecule has 1 N–H and O–H groups in total. The number of hydrogen-bond acceptors (Lipinski definition) is 3. The number of benzene rings is 3. The summed E-state index contributed by atoms with van der Waals surface area (Å²) in [7, 11) is -3.91. The molecule has 0 unspecified atom stereocenters. The van der Waals surface area contributed by atoms with E-state index in [4.69, 9.17) is 0 Å². The Morgan fingerprint density at radius 2 is 1.69 bits per heavy atom. The fraction of sp³-hybridized carbons (Fsp3) is 0.240. The lowest BCUT2D eigenvalue weighted by Gasteiger charge is -2.25. The van der Waals surface area contributed by atoms with Gasteiger partial charge < -0.3 is 5.32 Å². The first-order valence-electron chi connectivity index (χ1n) is 10.6. The molecule has 0 bridgehead atoms. The molecule has 5 nitrogen and oxygen atoms in total. The Kier molecular flexibility index (Phi) is 6.67. The predicted octanol–water partition coefficient (Wildman–Crippen LogP) is 5.01. The molecule has 4 rings (SSSR count). The number of carbonyl (C=O) groups is 1. The fourth-order valence-corrected chi connectivity index (χ4v) is 5.71. The molecule has 0 heterocycles. The van der Waals surface area contributed by atoms with Gasteiger partial charge >= 0.3 is 0 Å². The number of nitrogens with zero attached hydrogens (tertiary/aromatic N) is 1. The second-order valence-electron chi connectivity index (χ2n) is 7.97. The molecule has 3 aromatic carbocycles. The smallest absolute Gasteiger partial charge is 0.264 e. The SMILES string of the molecule is C[C@@H](NC(=O)CN(c1ccc(Br)cc1)S(=O)(=O)c1ccccc1)c1ccc2c(c1)CCC2. The largest absolute Gasteiger partial charge is 0.348 e. The molecule has 3 aromatic rings. The van der Waals surface area contributed by atoms with Gasteiger partial charge in [-0.15, -0.1) is 0 Å². The number of sulfonamides is 1. The highest BCUT2D eigenvalue weighted by molar-refractivity contribution is 9.10. The van der Waals surface area contributed by atoms with Gasteiger partial charge in [0.25, 0.3) is 10.0 Å². The van der Waals surface area contributed by atoms with E-state index in [2.05, 4.69) is 33.4 Å². The Labute approximate surface area is 197 Å². The number of amides is 1. The zero-order valence-electron chi connectivity index (χ0n) is 17.8. The maximum absolute atomic E-state index is 13.4. The normalized spacial score (nSPS) is 13.9. The maximum atomic E-state index is 13.4. The number of carbonyl (C=O) groups excluding carboxylic acids is 1. The topological polar surface area (TPSA) is 66.5 Å². The minimum absolute atomic E-state index is 0.141. The van der Waals surface area contributed by atoms with Gasteiger partial charge in [-0.2, -0.15) is 0 Å². The van der Waals surface area contributed by atoms with Crippen LogP contribution in [-0.2, 0) is 27.7 Å². The van der Waals surface area contributed by atoms with Crippen LogP contribution < -0.4 is 9.62 Å². The number of rotatable bonds is 7. The molecule has 1 amide bonds. The van der Waals surface area contributed by atoms with Gasteiger partial charge in [-0.25, -0.2) is 8.42 Å². The van der Waals surface area contributed by atoms with Crippen molar-refractivity contribution in [2.45, 2.75) is 37.1 Å². The van der Waals surface area contributed by atoms with Crippen molar-refractivity contribution in [2.24, 2.45) is 0 Å². The summed E-state index contributed by atoms with van der Waals surface area (Å²) in [6, 6.07) is 21.2. The van der Waals surface area contributed by atoms with Crippen molar-refractivity contribution in [1.29, 1.82) is 0 Å². The van der Waals surface area contributed by atoms with E-state index in [9.17, 15) is 13.2 Å². The molecule has 0 spiro atoms. The van der Waals surface area contributed by atoms with E-state index < -0.39 is 10.0 Å². The van der Waals surface area contributed by atoms with E-state index in [1.165, 1.54) is 29.7 Å². The maximum Gasteiger partial charge on any atom is 0.264 e. The third-order valence-electron chi connectivity index (χ3n) is 5.73. The van der Waals surface area contributed by atoms with Crippen LogP contribution in [0.3, 0.4) is 0 Å². The molecule has 1 atom stereocenters. The Morgan fingerprint density at radius 3 is 2.41 bits per heavy atom. The minimum Gasteiger partial charge on any atom is -0.348 e. The van der Waals surface area contributed by atoms with Crippen molar-refractivity contribution < 1.29 is 13.2 Å². The molecule has 0 radical (unpaired) electrons. The number of hydrogen-bond donors (Lipinski definition) is 1. The van der Waals surface area contributed by atoms with Crippen LogP contribution in [0.2, 0.25) is 0 Å². The van der Waals surface area contributed by atoms with Crippen molar-refractivity contribution in [3.63, 3.8) is 0 Å². The lowest BCUT2D eigenvalue weighted by molar-refractivity contribution is -0.120. The molecule has 32 heavy (non-hydrogen) atoms. The summed E-state index contributed by atoms with van der Waals surface area (Å²) >= 11 is 3.37. The molecule has 0 aliphatic heterocycles. The van der Waals surface area contributed by atoms with Gasteiger partial charge in [0.15, 0.2) is 0 Å². The van der Waals surface area contributed by atoms with Crippen LogP contribution in [0.5, 0.6) is 0 Å².